The lowest BCUT2D eigenvalue weighted by molar-refractivity contribution is -0.263. The molecule has 0 saturated carbocycles. The van der Waals surface area contributed by atoms with Crippen molar-refractivity contribution in [3.63, 3.8) is 0 Å². The van der Waals surface area contributed by atoms with Crippen molar-refractivity contribution in [1.82, 2.24) is 10.5 Å². The maximum absolute atomic E-state index is 13.2. The fourth-order valence-electron chi connectivity index (χ4n) is 1.85. The predicted octanol–water partition coefficient (Wildman–Crippen LogP) is 2.16. The van der Waals surface area contributed by atoms with Gasteiger partial charge in [-0.2, -0.15) is 13.2 Å². The fraction of sp³-hybridized carbons (Fsp3) is 0.286. The first-order valence-electron chi connectivity index (χ1n) is 6.30. The van der Waals surface area contributed by atoms with Crippen LogP contribution >= 0.6 is 0 Å². The van der Waals surface area contributed by atoms with Crippen molar-refractivity contribution >= 4 is 5.91 Å². The molecule has 1 aromatic carbocycles. The summed E-state index contributed by atoms with van der Waals surface area (Å²) >= 11 is 0. The highest BCUT2D eigenvalue weighted by Crippen LogP contribution is 2.38. The van der Waals surface area contributed by atoms with Gasteiger partial charge >= 0.3 is 6.18 Å². The van der Waals surface area contributed by atoms with Crippen LogP contribution in [0.2, 0.25) is 0 Å². The van der Waals surface area contributed by atoms with Gasteiger partial charge in [0.15, 0.2) is 0 Å². The SMILES string of the molecule is Cc1cc(C(=O)NCC(O)(c2ccccc2)C(F)(F)F)on1. The Morgan fingerprint density at radius 2 is 1.95 bits per heavy atom. The van der Waals surface area contributed by atoms with E-state index in [1.807, 2.05) is 5.32 Å². The molecule has 1 unspecified atom stereocenters. The maximum Gasteiger partial charge on any atom is 0.423 e. The summed E-state index contributed by atoms with van der Waals surface area (Å²) in [5, 5.41) is 15.5. The third-order valence-corrected chi connectivity index (χ3v) is 3.08. The molecule has 22 heavy (non-hydrogen) atoms. The van der Waals surface area contributed by atoms with Gasteiger partial charge in [-0.15, -0.1) is 0 Å². The first kappa shape index (κ1) is 16.0. The zero-order valence-corrected chi connectivity index (χ0v) is 11.5. The molecule has 0 bridgehead atoms. The van der Waals surface area contributed by atoms with Crippen LogP contribution in [-0.4, -0.2) is 28.9 Å². The van der Waals surface area contributed by atoms with Gasteiger partial charge in [0.25, 0.3) is 5.91 Å². The highest BCUT2D eigenvalue weighted by molar-refractivity contribution is 5.91. The molecule has 0 aliphatic rings. The summed E-state index contributed by atoms with van der Waals surface area (Å²) < 4.78 is 44.3. The van der Waals surface area contributed by atoms with Crippen molar-refractivity contribution in [1.29, 1.82) is 0 Å². The molecule has 1 heterocycles. The summed E-state index contributed by atoms with van der Waals surface area (Å²) in [6, 6.07) is 7.82. The van der Waals surface area contributed by atoms with Crippen LogP contribution in [0.4, 0.5) is 13.2 Å². The molecule has 1 aromatic heterocycles. The summed E-state index contributed by atoms with van der Waals surface area (Å²) in [5.74, 6) is -1.12. The molecule has 2 rings (SSSR count). The zero-order valence-electron chi connectivity index (χ0n) is 11.5. The van der Waals surface area contributed by atoms with Crippen molar-refractivity contribution in [2.45, 2.75) is 18.7 Å². The molecule has 0 radical (unpaired) electrons. The topological polar surface area (TPSA) is 75.4 Å². The standard InChI is InChI=1S/C14H13F3N2O3/c1-9-7-11(22-19-9)12(20)18-8-13(21,14(15,16)17)10-5-3-2-4-6-10/h2-7,21H,8H2,1H3,(H,18,20). The van der Waals surface area contributed by atoms with Gasteiger partial charge in [-0.3, -0.25) is 4.79 Å². The van der Waals surface area contributed by atoms with E-state index in [9.17, 15) is 23.1 Å². The number of carbonyl (C=O) groups is 1. The summed E-state index contributed by atoms with van der Waals surface area (Å²) in [4.78, 5) is 11.7. The lowest BCUT2D eigenvalue weighted by Gasteiger charge is -2.30. The van der Waals surface area contributed by atoms with Gasteiger partial charge < -0.3 is 14.9 Å². The Kier molecular flexibility index (Phi) is 4.23. The van der Waals surface area contributed by atoms with Crippen LogP contribution in [0.25, 0.3) is 0 Å². The van der Waals surface area contributed by atoms with Gasteiger partial charge in [0.2, 0.25) is 11.4 Å². The van der Waals surface area contributed by atoms with Crippen molar-refractivity contribution in [3.8, 4) is 0 Å². The van der Waals surface area contributed by atoms with Gasteiger partial charge in [-0.25, -0.2) is 0 Å². The van der Waals surface area contributed by atoms with E-state index in [2.05, 4.69) is 9.68 Å². The Labute approximate surface area is 123 Å². The second-order valence-electron chi connectivity index (χ2n) is 4.74. The quantitative estimate of drug-likeness (QED) is 0.907. The normalized spacial score (nSPS) is 14.4. The largest absolute Gasteiger partial charge is 0.423 e. The Bertz CT molecular complexity index is 655. The minimum Gasteiger partial charge on any atom is -0.375 e. The highest BCUT2D eigenvalue weighted by atomic mass is 19.4. The van der Waals surface area contributed by atoms with Crippen LogP contribution < -0.4 is 5.32 Å². The van der Waals surface area contributed by atoms with Crippen molar-refractivity contribution in [2.24, 2.45) is 0 Å². The van der Waals surface area contributed by atoms with E-state index in [-0.39, 0.29) is 11.3 Å². The lowest BCUT2D eigenvalue weighted by atomic mass is 9.93. The minimum absolute atomic E-state index is 0.227. The molecule has 8 heteroatoms. The molecule has 0 aliphatic heterocycles. The van der Waals surface area contributed by atoms with E-state index in [0.717, 1.165) is 12.1 Å². The molecule has 0 spiro atoms. The number of alkyl halides is 3. The van der Waals surface area contributed by atoms with Crippen LogP contribution in [0, 0.1) is 6.92 Å². The summed E-state index contributed by atoms with van der Waals surface area (Å²) in [6.45, 7) is 0.523. The van der Waals surface area contributed by atoms with Crippen LogP contribution in [-0.2, 0) is 5.60 Å². The monoisotopic (exact) mass is 314 g/mol. The fourth-order valence-corrected chi connectivity index (χ4v) is 1.85. The van der Waals surface area contributed by atoms with Gasteiger partial charge in [0.1, 0.15) is 0 Å². The number of hydrogen-bond acceptors (Lipinski definition) is 4. The van der Waals surface area contributed by atoms with E-state index >= 15 is 0 Å². The van der Waals surface area contributed by atoms with Gasteiger partial charge in [0, 0.05) is 6.07 Å². The number of rotatable bonds is 4. The van der Waals surface area contributed by atoms with Crippen LogP contribution in [0.5, 0.6) is 0 Å². The molecule has 0 aliphatic carbocycles. The Hall–Kier alpha value is -2.35. The van der Waals surface area contributed by atoms with E-state index in [1.165, 1.54) is 24.3 Å². The second-order valence-corrected chi connectivity index (χ2v) is 4.74. The third kappa shape index (κ3) is 3.11. The number of carbonyl (C=O) groups excluding carboxylic acids is 1. The number of aromatic nitrogens is 1. The number of nitrogens with one attached hydrogen (secondary N) is 1. The molecule has 0 saturated heterocycles. The first-order chi connectivity index (χ1) is 10.2. The van der Waals surface area contributed by atoms with Crippen LogP contribution in [0.15, 0.2) is 40.9 Å². The van der Waals surface area contributed by atoms with Crippen molar-refractivity contribution < 1.29 is 27.6 Å². The van der Waals surface area contributed by atoms with E-state index in [4.69, 9.17) is 0 Å². The molecule has 2 N–H and O–H groups in total. The van der Waals surface area contributed by atoms with E-state index in [1.54, 1.807) is 6.92 Å². The molecule has 118 valence electrons. The second kappa shape index (κ2) is 5.80. The molecule has 0 fully saturated rings. The number of aliphatic hydroxyl groups is 1. The molecular formula is C14H13F3N2O3. The molecule has 1 atom stereocenters. The van der Waals surface area contributed by atoms with E-state index < -0.39 is 24.2 Å². The summed E-state index contributed by atoms with van der Waals surface area (Å²) in [5.41, 5.74) is -3.14. The van der Waals surface area contributed by atoms with Crippen molar-refractivity contribution in [3.05, 3.63) is 53.4 Å². The smallest absolute Gasteiger partial charge is 0.375 e. The molecule has 5 nitrogen and oxygen atoms in total. The minimum atomic E-state index is -4.96. The van der Waals surface area contributed by atoms with Gasteiger partial charge in [-0.05, 0) is 12.5 Å². The summed E-state index contributed by atoms with van der Waals surface area (Å²) in [7, 11) is 0. The van der Waals surface area contributed by atoms with Gasteiger partial charge in [-0.1, -0.05) is 35.5 Å². The first-order valence-corrected chi connectivity index (χ1v) is 6.30. The number of halogens is 3. The van der Waals surface area contributed by atoms with Gasteiger partial charge in [0.05, 0.1) is 12.2 Å². The Balaban J connectivity index is 2.20. The third-order valence-electron chi connectivity index (χ3n) is 3.08. The average molecular weight is 314 g/mol. The van der Waals surface area contributed by atoms with E-state index in [0.29, 0.717) is 5.69 Å². The summed E-state index contributed by atoms with van der Waals surface area (Å²) in [6.07, 6.45) is -4.96. The molecule has 1 amide bonds. The number of aryl methyl sites for hydroxylation is 1. The zero-order chi connectivity index (χ0) is 16.4. The highest BCUT2D eigenvalue weighted by Gasteiger charge is 2.55. The van der Waals surface area contributed by atoms with Crippen LogP contribution in [0.1, 0.15) is 21.8 Å². The number of amides is 1. The number of benzene rings is 1. The Morgan fingerprint density at radius 3 is 2.45 bits per heavy atom. The Morgan fingerprint density at radius 1 is 1.32 bits per heavy atom. The van der Waals surface area contributed by atoms with Crippen molar-refractivity contribution in [2.75, 3.05) is 6.54 Å². The lowest BCUT2D eigenvalue weighted by Crippen LogP contribution is -2.51. The molecular weight excluding hydrogens is 301 g/mol. The maximum atomic E-state index is 13.2. The van der Waals surface area contributed by atoms with Crippen LogP contribution in [0.3, 0.4) is 0 Å². The average Bonchev–Trinajstić information content (AvgIpc) is 2.91. The predicted molar refractivity (Wildman–Crippen MR) is 70.0 cm³/mol. The molecule has 2 aromatic rings. The number of nitrogens with zero attached hydrogens (tertiary/aromatic N) is 1. The number of hydrogen-bond donors (Lipinski definition) is 2.